The summed E-state index contributed by atoms with van der Waals surface area (Å²) in [6.45, 7) is 0.235. The molecule has 3 N–H and O–H groups in total. The van der Waals surface area contributed by atoms with E-state index in [9.17, 15) is 26.4 Å². The van der Waals surface area contributed by atoms with Crippen LogP contribution in [0.2, 0.25) is 0 Å². The van der Waals surface area contributed by atoms with Crippen molar-refractivity contribution in [1.29, 1.82) is 0 Å². The van der Waals surface area contributed by atoms with Crippen LogP contribution in [-0.2, 0) is 10.0 Å². The minimum atomic E-state index is -5.29. The van der Waals surface area contributed by atoms with Gasteiger partial charge in [-0.2, -0.15) is 17.5 Å². The van der Waals surface area contributed by atoms with Crippen LogP contribution < -0.4 is 16.0 Å². The van der Waals surface area contributed by atoms with Crippen molar-refractivity contribution in [3.8, 4) is 0 Å². The fourth-order valence-electron chi connectivity index (χ4n) is 2.73. The largest absolute Gasteiger partial charge is 0.511 e. The van der Waals surface area contributed by atoms with Crippen LogP contribution in [0.4, 0.5) is 13.2 Å². The molecule has 0 aliphatic carbocycles. The van der Waals surface area contributed by atoms with E-state index in [1.807, 2.05) is 0 Å². The Morgan fingerprint density at radius 1 is 1.28 bits per heavy atom. The summed E-state index contributed by atoms with van der Waals surface area (Å²) in [5.41, 5.74) is -4.85. The Kier molecular flexibility index (Phi) is 7.79. The lowest BCUT2D eigenvalue weighted by Gasteiger charge is -2.32. The molecule has 0 aromatic carbocycles. The number of aliphatic imine (C=N–C) groups is 1. The fraction of sp³-hybridized carbons (Fsp3) is 0.562. The highest BCUT2D eigenvalue weighted by Gasteiger charge is 2.50. The van der Waals surface area contributed by atoms with Crippen LogP contribution in [0.1, 0.15) is 23.2 Å². The van der Waals surface area contributed by atoms with Crippen LogP contribution in [0.25, 0.3) is 0 Å². The Labute approximate surface area is 166 Å². The zero-order valence-corrected chi connectivity index (χ0v) is 16.6. The maximum absolute atomic E-state index is 12.6. The van der Waals surface area contributed by atoms with E-state index in [1.54, 1.807) is 18.3 Å². The number of rotatable bonds is 6. The maximum Gasteiger partial charge on any atom is 0.511 e. The van der Waals surface area contributed by atoms with E-state index < -0.39 is 15.5 Å². The summed E-state index contributed by atoms with van der Waals surface area (Å²) < 4.78 is 61.1. The number of alkyl halides is 3. The van der Waals surface area contributed by atoms with E-state index in [-0.39, 0.29) is 37.9 Å². The number of amides is 1. The number of carbonyl (C=O) groups is 1. The van der Waals surface area contributed by atoms with Crippen molar-refractivity contribution < 1.29 is 26.4 Å². The van der Waals surface area contributed by atoms with Crippen molar-refractivity contribution in [3.05, 3.63) is 30.1 Å². The third kappa shape index (κ3) is 6.29. The monoisotopic (exact) mass is 436 g/mol. The number of guanidine groups is 1. The first kappa shape index (κ1) is 22.9. The van der Waals surface area contributed by atoms with Gasteiger partial charge in [-0.25, -0.2) is 8.42 Å². The van der Waals surface area contributed by atoms with Gasteiger partial charge in [0.25, 0.3) is 5.91 Å². The van der Waals surface area contributed by atoms with E-state index in [0.29, 0.717) is 28.9 Å². The second-order valence-corrected chi connectivity index (χ2v) is 8.19. The topological polar surface area (TPSA) is 116 Å². The van der Waals surface area contributed by atoms with Crippen molar-refractivity contribution in [2.45, 2.75) is 24.4 Å². The maximum atomic E-state index is 12.6. The zero-order valence-electron chi connectivity index (χ0n) is 15.7. The van der Waals surface area contributed by atoms with Gasteiger partial charge in [0, 0.05) is 51.7 Å². The second kappa shape index (κ2) is 9.87. The molecule has 0 spiro atoms. The first-order valence-electron chi connectivity index (χ1n) is 8.87. The van der Waals surface area contributed by atoms with Crippen molar-refractivity contribution >= 4 is 21.9 Å². The van der Waals surface area contributed by atoms with E-state index >= 15 is 0 Å². The van der Waals surface area contributed by atoms with Gasteiger partial charge >= 0.3 is 15.5 Å². The lowest BCUT2D eigenvalue weighted by molar-refractivity contribution is -0.0494. The molecule has 9 nitrogen and oxygen atoms in total. The van der Waals surface area contributed by atoms with Gasteiger partial charge in [0.2, 0.25) is 0 Å². The molecule has 1 aliphatic rings. The molecule has 2 heterocycles. The molecular weight excluding hydrogens is 413 g/mol. The molecule has 0 unspecified atom stereocenters. The van der Waals surface area contributed by atoms with Gasteiger partial charge < -0.3 is 16.0 Å². The van der Waals surface area contributed by atoms with Gasteiger partial charge in [0.05, 0.1) is 5.56 Å². The number of pyridine rings is 1. The molecule has 13 heteroatoms. The van der Waals surface area contributed by atoms with Crippen LogP contribution in [0.3, 0.4) is 0 Å². The summed E-state index contributed by atoms with van der Waals surface area (Å²) in [7, 11) is -3.76. The van der Waals surface area contributed by atoms with E-state index in [2.05, 4.69) is 25.9 Å². The van der Waals surface area contributed by atoms with Gasteiger partial charge in [0.15, 0.2) is 5.96 Å². The van der Waals surface area contributed by atoms with Crippen LogP contribution in [0.15, 0.2) is 29.5 Å². The van der Waals surface area contributed by atoms with Gasteiger partial charge in [-0.05, 0) is 25.0 Å². The molecule has 29 heavy (non-hydrogen) atoms. The number of hydrogen-bond acceptors (Lipinski definition) is 5. The Morgan fingerprint density at radius 2 is 1.93 bits per heavy atom. The number of carbonyl (C=O) groups excluding carboxylic acids is 1. The lowest BCUT2D eigenvalue weighted by atomic mass is 10.1. The number of nitrogens with one attached hydrogen (secondary N) is 3. The van der Waals surface area contributed by atoms with Crippen molar-refractivity contribution in [2.24, 2.45) is 4.99 Å². The molecule has 0 atom stereocenters. The molecule has 1 fully saturated rings. The lowest BCUT2D eigenvalue weighted by Crippen LogP contribution is -2.52. The normalized spacial score (nSPS) is 17.0. The summed E-state index contributed by atoms with van der Waals surface area (Å²) >= 11 is 0. The highest BCUT2D eigenvalue weighted by atomic mass is 32.2. The molecule has 0 bridgehead atoms. The van der Waals surface area contributed by atoms with Gasteiger partial charge in [-0.3, -0.25) is 14.8 Å². The highest BCUT2D eigenvalue weighted by Crippen LogP contribution is 2.28. The smallest absolute Gasteiger partial charge is 0.355 e. The second-order valence-electron chi connectivity index (χ2n) is 6.27. The molecular formula is C16H23F3N6O3S. The van der Waals surface area contributed by atoms with Gasteiger partial charge in [-0.15, -0.1) is 0 Å². The number of piperidine rings is 1. The average Bonchev–Trinajstić information content (AvgIpc) is 2.70. The minimum Gasteiger partial charge on any atom is -0.355 e. The number of sulfonamides is 1. The summed E-state index contributed by atoms with van der Waals surface area (Å²) in [6, 6.07) is 3.08. The Hall–Kier alpha value is -2.41. The molecule has 0 radical (unpaired) electrons. The Balaban J connectivity index is 1.72. The molecule has 2 rings (SSSR count). The first-order chi connectivity index (χ1) is 13.6. The quantitative estimate of drug-likeness (QED) is 0.335. The van der Waals surface area contributed by atoms with E-state index in [0.717, 1.165) is 0 Å². The molecule has 1 aliphatic heterocycles. The van der Waals surface area contributed by atoms with E-state index in [4.69, 9.17) is 0 Å². The first-order valence-corrected chi connectivity index (χ1v) is 10.3. The summed E-state index contributed by atoms with van der Waals surface area (Å²) in [5.74, 6) is 0.152. The molecule has 1 amide bonds. The van der Waals surface area contributed by atoms with E-state index in [1.165, 1.54) is 13.2 Å². The Morgan fingerprint density at radius 3 is 2.48 bits per heavy atom. The standard InChI is InChI=1S/C16H23F3N6O3S/c1-20-15(23-8-7-22-14(26)12-3-2-6-21-11-12)24-13-4-9-25(10-5-13)29(27,28)16(17,18)19/h2-3,6,11,13H,4-5,7-10H2,1H3,(H,22,26)(H2,20,23,24). The number of halogens is 3. The van der Waals surface area contributed by atoms with Gasteiger partial charge in [-0.1, -0.05) is 0 Å². The minimum absolute atomic E-state index is 0.216. The number of hydrogen-bond donors (Lipinski definition) is 3. The van der Waals surface area contributed by atoms with Crippen LogP contribution >= 0.6 is 0 Å². The number of aromatic nitrogens is 1. The van der Waals surface area contributed by atoms with Crippen molar-refractivity contribution in [2.75, 3.05) is 33.2 Å². The molecule has 1 aromatic heterocycles. The van der Waals surface area contributed by atoms with Crippen LogP contribution in [0.5, 0.6) is 0 Å². The van der Waals surface area contributed by atoms with Crippen molar-refractivity contribution in [3.63, 3.8) is 0 Å². The molecule has 1 aromatic rings. The fourth-order valence-corrected chi connectivity index (χ4v) is 3.72. The average molecular weight is 436 g/mol. The predicted molar refractivity (Wildman–Crippen MR) is 101 cm³/mol. The van der Waals surface area contributed by atoms with Gasteiger partial charge in [0.1, 0.15) is 0 Å². The van der Waals surface area contributed by atoms with Crippen LogP contribution in [0, 0.1) is 0 Å². The zero-order chi connectivity index (χ0) is 21.5. The highest BCUT2D eigenvalue weighted by molar-refractivity contribution is 7.90. The van der Waals surface area contributed by atoms with Crippen LogP contribution in [-0.4, -0.2) is 74.4 Å². The summed E-state index contributed by atoms with van der Waals surface area (Å²) in [4.78, 5) is 19.8. The predicted octanol–water partition coefficient (Wildman–Crippen LogP) is 0.290. The third-order valence-corrected chi connectivity index (χ3v) is 5.91. The molecule has 0 saturated carbocycles. The SMILES string of the molecule is CN=C(NCCNC(=O)c1cccnc1)NC1CCN(S(=O)(=O)C(F)(F)F)CC1. The molecule has 1 saturated heterocycles. The van der Waals surface area contributed by atoms with Crippen molar-refractivity contribution in [1.82, 2.24) is 25.2 Å². The summed E-state index contributed by atoms with van der Waals surface area (Å²) in [6.07, 6.45) is 3.45. The molecule has 162 valence electrons. The number of nitrogens with zero attached hydrogens (tertiary/aromatic N) is 3. The Bertz CT molecular complexity index is 809. The summed E-state index contributed by atoms with van der Waals surface area (Å²) in [5, 5.41) is 8.75. The third-order valence-electron chi connectivity index (χ3n) is 4.28.